The van der Waals surface area contributed by atoms with Crippen molar-refractivity contribution in [3.8, 4) is 22.4 Å². The van der Waals surface area contributed by atoms with Crippen LogP contribution >= 0.6 is 0 Å². The number of hydrogen-bond acceptors (Lipinski definition) is 7. The number of aromatic nitrogens is 7. The number of H-pyrrole nitrogens is 1. The zero-order valence-electron chi connectivity index (χ0n) is 22.2. The standard InChI is InChI=1S/C30H25N9O/c1-17-11-34-30(35-26-10-18(2)38(3)37-26)36-27(17)23-14-33-28-21(23)7-5-9-25(28)39-15-24-20(19-12-31-16-32-13-19)6-4-8-22(24)29(39)40/h4-14,16,33H,15H2,1-3H3,(H,34,35,36,37). The van der Waals surface area contributed by atoms with Gasteiger partial charge in [-0.2, -0.15) is 5.10 Å². The minimum absolute atomic E-state index is 0.0345. The molecule has 0 unspecified atom stereocenters. The van der Waals surface area contributed by atoms with Crippen LogP contribution in [0.5, 0.6) is 0 Å². The van der Waals surface area contributed by atoms with Gasteiger partial charge in [0.1, 0.15) is 6.33 Å². The van der Waals surface area contributed by atoms with Gasteiger partial charge in [-0.05, 0) is 42.7 Å². The van der Waals surface area contributed by atoms with E-state index in [-0.39, 0.29) is 5.91 Å². The quantitative estimate of drug-likeness (QED) is 0.311. The second-order valence-corrected chi connectivity index (χ2v) is 9.90. The van der Waals surface area contributed by atoms with Crippen molar-refractivity contribution in [1.29, 1.82) is 0 Å². The predicted molar refractivity (Wildman–Crippen MR) is 153 cm³/mol. The third-order valence-corrected chi connectivity index (χ3v) is 7.40. The molecule has 7 rings (SSSR count). The average Bonchev–Trinajstić information content (AvgIpc) is 3.65. The van der Waals surface area contributed by atoms with Crippen LogP contribution in [0, 0.1) is 13.8 Å². The van der Waals surface area contributed by atoms with E-state index in [1.807, 2.05) is 74.5 Å². The lowest BCUT2D eigenvalue weighted by Crippen LogP contribution is -2.23. The second-order valence-electron chi connectivity index (χ2n) is 9.90. The fraction of sp³-hybridized carbons (Fsp3) is 0.133. The van der Waals surface area contributed by atoms with Crippen LogP contribution in [0.25, 0.3) is 33.3 Å². The number of rotatable bonds is 5. The molecular formula is C30H25N9O. The normalized spacial score (nSPS) is 12.8. The molecule has 10 heteroatoms. The maximum atomic E-state index is 13.6. The molecule has 1 aliphatic heterocycles. The van der Waals surface area contributed by atoms with E-state index in [4.69, 9.17) is 4.98 Å². The molecule has 0 fully saturated rings. The molecule has 0 bridgehead atoms. The molecule has 5 heterocycles. The Morgan fingerprint density at radius 3 is 2.58 bits per heavy atom. The lowest BCUT2D eigenvalue weighted by Gasteiger charge is -2.17. The van der Waals surface area contributed by atoms with Crippen LogP contribution in [0.2, 0.25) is 0 Å². The van der Waals surface area contributed by atoms with E-state index < -0.39 is 0 Å². The molecule has 0 saturated heterocycles. The molecule has 196 valence electrons. The van der Waals surface area contributed by atoms with Crippen molar-refractivity contribution < 1.29 is 4.79 Å². The third kappa shape index (κ3) is 3.80. The van der Waals surface area contributed by atoms with Gasteiger partial charge in [0, 0.05) is 65.7 Å². The lowest BCUT2D eigenvalue weighted by molar-refractivity contribution is 0.0997. The Balaban J connectivity index is 1.26. The van der Waals surface area contributed by atoms with Gasteiger partial charge in [-0.1, -0.05) is 24.3 Å². The number of aryl methyl sites for hydroxylation is 3. The molecule has 0 radical (unpaired) electrons. The number of hydrogen-bond donors (Lipinski definition) is 2. The lowest BCUT2D eigenvalue weighted by atomic mass is 9.99. The number of carbonyl (C=O) groups excluding carboxylic acids is 1. The first-order valence-corrected chi connectivity index (χ1v) is 12.9. The topological polar surface area (TPSA) is 118 Å². The first kappa shape index (κ1) is 23.7. The summed E-state index contributed by atoms with van der Waals surface area (Å²) in [4.78, 5) is 36.5. The highest BCUT2D eigenvalue weighted by Crippen LogP contribution is 2.39. The molecule has 0 spiro atoms. The summed E-state index contributed by atoms with van der Waals surface area (Å²) in [7, 11) is 1.89. The number of nitrogens with zero attached hydrogens (tertiary/aromatic N) is 7. The van der Waals surface area contributed by atoms with Crippen molar-refractivity contribution in [3.05, 3.63) is 96.0 Å². The molecular weight excluding hydrogens is 502 g/mol. The maximum absolute atomic E-state index is 13.6. The summed E-state index contributed by atoms with van der Waals surface area (Å²) < 4.78 is 1.80. The van der Waals surface area contributed by atoms with Gasteiger partial charge >= 0.3 is 0 Å². The fourth-order valence-corrected chi connectivity index (χ4v) is 5.31. The number of amides is 1. The molecule has 4 aromatic heterocycles. The van der Waals surface area contributed by atoms with Gasteiger partial charge in [0.25, 0.3) is 5.91 Å². The molecule has 2 aromatic carbocycles. The van der Waals surface area contributed by atoms with Gasteiger partial charge in [0.2, 0.25) is 5.95 Å². The van der Waals surface area contributed by atoms with Gasteiger partial charge in [0.15, 0.2) is 5.82 Å². The van der Waals surface area contributed by atoms with Crippen LogP contribution < -0.4 is 10.2 Å². The Morgan fingerprint density at radius 1 is 0.975 bits per heavy atom. The minimum atomic E-state index is -0.0345. The average molecular weight is 528 g/mol. The Bertz CT molecular complexity index is 1900. The zero-order valence-corrected chi connectivity index (χ0v) is 22.2. The van der Waals surface area contributed by atoms with E-state index in [2.05, 4.69) is 30.4 Å². The van der Waals surface area contributed by atoms with Gasteiger partial charge in [-0.15, -0.1) is 0 Å². The van der Waals surface area contributed by atoms with Crippen LogP contribution in [0.1, 0.15) is 27.2 Å². The highest BCUT2D eigenvalue weighted by Gasteiger charge is 2.32. The van der Waals surface area contributed by atoms with Crippen LogP contribution in [-0.2, 0) is 13.6 Å². The Hall–Kier alpha value is -5.38. The molecule has 0 aliphatic carbocycles. The van der Waals surface area contributed by atoms with Gasteiger partial charge in [-0.3, -0.25) is 9.48 Å². The van der Waals surface area contributed by atoms with Crippen LogP contribution in [0.4, 0.5) is 17.5 Å². The highest BCUT2D eigenvalue weighted by atomic mass is 16.2. The van der Waals surface area contributed by atoms with Gasteiger partial charge < -0.3 is 15.2 Å². The van der Waals surface area contributed by atoms with Crippen LogP contribution in [0.15, 0.2) is 73.6 Å². The predicted octanol–water partition coefficient (Wildman–Crippen LogP) is 5.34. The first-order valence-electron chi connectivity index (χ1n) is 12.9. The van der Waals surface area contributed by atoms with E-state index in [9.17, 15) is 4.79 Å². The molecule has 10 nitrogen and oxygen atoms in total. The molecule has 6 aromatic rings. The monoisotopic (exact) mass is 527 g/mol. The van der Waals surface area contributed by atoms with Crippen molar-refractivity contribution in [2.45, 2.75) is 20.4 Å². The van der Waals surface area contributed by atoms with Crippen molar-refractivity contribution in [2.75, 3.05) is 10.2 Å². The van der Waals surface area contributed by atoms with Crippen LogP contribution in [0.3, 0.4) is 0 Å². The summed E-state index contributed by atoms with van der Waals surface area (Å²) in [6.07, 6.45) is 8.80. The summed E-state index contributed by atoms with van der Waals surface area (Å²) in [6, 6.07) is 13.7. The second kappa shape index (κ2) is 9.12. The molecule has 1 aliphatic rings. The van der Waals surface area contributed by atoms with E-state index in [0.717, 1.165) is 55.8 Å². The number of para-hydroxylation sites is 1. The third-order valence-electron chi connectivity index (χ3n) is 7.40. The molecule has 0 atom stereocenters. The number of carbonyl (C=O) groups is 1. The molecule has 1 amide bonds. The highest BCUT2D eigenvalue weighted by molar-refractivity contribution is 6.15. The number of aromatic amines is 1. The summed E-state index contributed by atoms with van der Waals surface area (Å²) in [5.74, 6) is 1.11. The summed E-state index contributed by atoms with van der Waals surface area (Å²) >= 11 is 0. The Kier molecular flexibility index (Phi) is 5.41. The van der Waals surface area contributed by atoms with Crippen molar-refractivity contribution in [3.63, 3.8) is 0 Å². The summed E-state index contributed by atoms with van der Waals surface area (Å²) in [5.41, 5.74) is 8.90. The largest absolute Gasteiger partial charge is 0.359 e. The van der Waals surface area contributed by atoms with Crippen molar-refractivity contribution >= 4 is 34.3 Å². The molecule has 0 saturated carbocycles. The van der Waals surface area contributed by atoms with E-state index in [1.54, 1.807) is 23.3 Å². The van der Waals surface area contributed by atoms with E-state index >= 15 is 0 Å². The molecule has 2 N–H and O–H groups in total. The van der Waals surface area contributed by atoms with Gasteiger partial charge in [-0.25, -0.2) is 19.9 Å². The van der Waals surface area contributed by atoms with Gasteiger partial charge in [0.05, 0.1) is 23.4 Å². The zero-order chi connectivity index (χ0) is 27.4. The summed E-state index contributed by atoms with van der Waals surface area (Å²) in [6.45, 7) is 4.43. The van der Waals surface area contributed by atoms with Crippen molar-refractivity contribution in [2.24, 2.45) is 7.05 Å². The van der Waals surface area contributed by atoms with Crippen molar-refractivity contribution in [1.82, 2.24) is 34.7 Å². The number of nitrogens with one attached hydrogen (secondary N) is 2. The Morgan fingerprint density at radius 2 is 1.77 bits per heavy atom. The van der Waals surface area contributed by atoms with E-state index in [0.29, 0.717) is 23.9 Å². The fourth-order valence-electron chi connectivity index (χ4n) is 5.31. The first-order chi connectivity index (χ1) is 19.5. The maximum Gasteiger partial charge on any atom is 0.259 e. The molecule has 40 heavy (non-hydrogen) atoms. The Labute approximate surface area is 229 Å². The SMILES string of the molecule is Cc1cnc(Nc2cc(C)n(C)n2)nc1-c1c[nH]c2c(N3Cc4c(cccc4-c4cncnc4)C3=O)cccc12. The number of fused-ring (bicyclic) bond motifs is 2. The number of anilines is 3. The van der Waals surface area contributed by atoms with E-state index in [1.165, 1.54) is 6.33 Å². The van der Waals surface area contributed by atoms with Crippen LogP contribution in [-0.4, -0.2) is 40.6 Å². The smallest absolute Gasteiger partial charge is 0.259 e. The number of benzene rings is 2. The summed E-state index contributed by atoms with van der Waals surface area (Å²) in [5, 5.41) is 8.63. The minimum Gasteiger partial charge on any atom is -0.359 e.